The Bertz CT molecular complexity index is 1560. The maximum absolute atomic E-state index is 13.4. The summed E-state index contributed by atoms with van der Waals surface area (Å²) in [5.74, 6) is 0.312. The second-order valence-electron chi connectivity index (χ2n) is 8.38. The number of sulfone groups is 1. The number of hydrogen-bond donors (Lipinski definition) is 0. The Morgan fingerprint density at radius 3 is 2.54 bits per heavy atom. The van der Waals surface area contributed by atoms with Gasteiger partial charge in [0.2, 0.25) is 0 Å². The molecule has 9 nitrogen and oxygen atoms in total. The number of pyridine rings is 2. The van der Waals surface area contributed by atoms with Gasteiger partial charge in [-0.2, -0.15) is 0 Å². The summed E-state index contributed by atoms with van der Waals surface area (Å²) in [6.45, 7) is 4.17. The molecule has 0 aliphatic heterocycles. The number of aryl methyl sites for hydroxylation is 2. The summed E-state index contributed by atoms with van der Waals surface area (Å²) in [5, 5.41) is 0. The van der Waals surface area contributed by atoms with Crippen LogP contribution in [0.1, 0.15) is 24.2 Å². The lowest BCUT2D eigenvalue weighted by Gasteiger charge is -2.19. The summed E-state index contributed by atoms with van der Waals surface area (Å²) in [7, 11) is -0.356. The molecule has 0 saturated carbocycles. The highest BCUT2D eigenvalue weighted by Crippen LogP contribution is 2.31. The quantitative estimate of drug-likeness (QED) is 0.369. The van der Waals surface area contributed by atoms with Gasteiger partial charge in [-0.15, -0.1) is 0 Å². The topological polar surface area (TPSA) is 105 Å². The minimum absolute atomic E-state index is 0.231. The number of rotatable bonds is 8. The van der Waals surface area contributed by atoms with E-state index in [4.69, 9.17) is 9.47 Å². The fraction of sp³-hybridized carbons (Fsp3) is 0.320. The molecule has 1 aromatic carbocycles. The van der Waals surface area contributed by atoms with Crippen LogP contribution in [0.5, 0.6) is 11.6 Å². The van der Waals surface area contributed by atoms with Crippen LogP contribution in [-0.4, -0.2) is 53.2 Å². The van der Waals surface area contributed by atoms with Crippen LogP contribution in [0.4, 0.5) is 0 Å². The number of methoxy groups -OCH3 is 1. The summed E-state index contributed by atoms with van der Waals surface area (Å²) in [4.78, 5) is 22.6. The van der Waals surface area contributed by atoms with Crippen molar-refractivity contribution in [2.45, 2.75) is 19.9 Å². The Kier molecular flexibility index (Phi) is 6.66. The van der Waals surface area contributed by atoms with Crippen molar-refractivity contribution in [2.24, 2.45) is 7.05 Å². The van der Waals surface area contributed by atoms with Crippen molar-refractivity contribution in [3.8, 4) is 22.8 Å². The Morgan fingerprint density at radius 2 is 1.89 bits per heavy atom. The third-order valence-electron chi connectivity index (χ3n) is 5.85. The molecule has 0 bridgehead atoms. The molecule has 0 N–H and O–H groups in total. The summed E-state index contributed by atoms with van der Waals surface area (Å²) < 4.78 is 38.6. The zero-order chi connectivity index (χ0) is 25.3. The molecule has 0 amide bonds. The molecule has 0 aliphatic carbocycles. The molecule has 0 spiro atoms. The van der Waals surface area contributed by atoms with Gasteiger partial charge in [0, 0.05) is 25.1 Å². The number of fused-ring (bicyclic) bond motifs is 1. The lowest BCUT2D eigenvalue weighted by atomic mass is 10.0. The number of ether oxygens (including phenoxy) is 2. The maximum Gasteiger partial charge on any atom is 0.330 e. The van der Waals surface area contributed by atoms with Crippen molar-refractivity contribution in [3.05, 3.63) is 70.4 Å². The largest absolute Gasteiger partial charge is 0.491 e. The highest BCUT2D eigenvalue weighted by atomic mass is 32.2. The Hall–Kier alpha value is -3.66. The SMILES string of the molecule is CCOc1nc([C@@H](CS(C)(=O)=O)n2c(=O)n(C)c3cc(-c4ccccc4C)cnc32)ccc1OC. The van der Waals surface area contributed by atoms with Crippen LogP contribution in [0.3, 0.4) is 0 Å². The van der Waals surface area contributed by atoms with Crippen LogP contribution in [0, 0.1) is 6.92 Å². The Morgan fingerprint density at radius 1 is 1.14 bits per heavy atom. The van der Waals surface area contributed by atoms with E-state index in [0.29, 0.717) is 29.2 Å². The normalized spacial score (nSPS) is 12.6. The third kappa shape index (κ3) is 4.79. The minimum atomic E-state index is -3.50. The molecular weight excluding hydrogens is 468 g/mol. The van der Waals surface area contributed by atoms with Crippen LogP contribution in [0.15, 0.2) is 53.5 Å². The summed E-state index contributed by atoms with van der Waals surface area (Å²) in [6, 6.07) is 12.2. The predicted octanol–water partition coefficient (Wildman–Crippen LogP) is 3.15. The molecule has 0 saturated heterocycles. The van der Waals surface area contributed by atoms with E-state index >= 15 is 0 Å². The smallest absolute Gasteiger partial charge is 0.330 e. The molecule has 35 heavy (non-hydrogen) atoms. The van der Waals surface area contributed by atoms with Gasteiger partial charge < -0.3 is 9.47 Å². The molecule has 0 radical (unpaired) electrons. The molecule has 184 valence electrons. The zero-order valence-corrected chi connectivity index (χ0v) is 21.2. The van der Waals surface area contributed by atoms with Crippen molar-refractivity contribution >= 4 is 21.0 Å². The number of imidazole rings is 1. The average Bonchev–Trinajstić information content (AvgIpc) is 3.07. The predicted molar refractivity (Wildman–Crippen MR) is 135 cm³/mol. The first-order valence-electron chi connectivity index (χ1n) is 11.1. The van der Waals surface area contributed by atoms with Crippen molar-refractivity contribution in [1.82, 2.24) is 19.1 Å². The maximum atomic E-state index is 13.4. The van der Waals surface area contributed by atoms with E-state index in [1.54, 1.807) is 25.4 Å². The van der Waals surface area contributed by atoms with E-state index in [2.05, 4.69) is 9.97 Å². The minimum Gasteiger partial charge on any atom is -0.491 e. The molecule has 3 heterocycles. The highest BCUT2D eigenvalue weighted by molar-refractivity contribution is 7.90. The van der Waals surface area contributed by atoms with Crippen LogP contribution in [0.2, 0.25) is 0 Å². The second kappa shape index (κ2) is 9.53. The van der Waals surface area contributed by atoms with E-state index in [0.717, 1.165) is 22.9 Å². The monoisotopic (exact) mass is 496 g/mol. The van der Waals surface area contributed by atoms with E-state index < -0.39 is 21.6 Å². The molecule has 10 heteroatoms. The van der Waals surface area contributed by atoms with Crippen LogP contribution < -0.4 is 15.2 Å². The van der Waals surface area contributed by atoms with Gasteiger partial charge in [-0.25, -0.2) is 23.2 Å². The standard InChI is InChI=1S/C25H28N4O5S/c1-6-34-24-22(33-4)12-11-19(27-24)21(15-35(5,31)32)29-23-20(28(3)25(29)30)13-17(14-26-23)18-10-8-7-9-16(18)2/h7-14,21H,6,15H2,1-5H3/t21-/m1/s1. The Labute approximate surface area is 203 Å². The van der Waals surface area contributed by atoms with E-state index in [1.165, 1.54) is 16.2 Å². The van der Waals surface area contributed by atoms with Gasteiger partial charge in [-0.1, -0.05) is 24.3 Å². The second-order valence-corrected chi connectivity index (χ2v) is 10.6. The van der Waals surface area contributed by atoms with E-state index in [9.17, 15) is 13.2 Å². The zero-order valence-electron chi connectivity index (χ0n) is 20.3. The molecule has 0 unspecified atom stereocenters. The Balaban J connectivity index is 1.94. The fourth-order valence-electron chi connectivity index (χ4n) is 4.16. The first-order valence-corrected chi connectivity index (χ1v) is 13.2. The van der Waals surface area contributed by atoms with Crippen LogP contribution in [-0.2, 0) is 16.9 Å². The number of nitrogens with zero attached hydrogens (tertiary/aromatic N) is 4. The van der Waals surface area contributed by atoms with Gasteiger partial charge in [-0.05, 0) is 43.2 Å². The molecule has 0 fully saturated rings. The van der Waals surface area contributed by atoms with Gasteiger partial charge in [0.15, 0.2) is 11.4 Å². The highest BCUT2D eigenvalue weighted by Gasteiger charge is 2.28. The molecular formula is C25H28N4O5S. The number of hydrogen-bond acceptors (Lipinski definition) is 7. The lowest BCUT2D eigenvalue weighted by molar-refractivity contribution is 0.296. The van der Waals surface area contributed by atoms with E-state index in [1.807, 2.05) is 44.2 Å². The fourth-order valence-corrected chi connectivity index (χ4v) is 5.05. The first kappa shape index (κ1) is 24.5. The van der Waals surface area contributed by atoms with Crippen LogP contribution >= 0.6 is 0 Å². The van der Waals surface area contributed by atoms with Gasteiger partial charge in [0.05, 0.1) is 36.7 Å². The van der Waals surface area contributed by atoms with Gasteiger partial charge in [-0.3, -0.25) is 9.13 Å². The average molecular weight is 497 g/mol. The van der Waals surface area contributed by atoms with Crippen molar-refractivity contribution in [1.29, 1.82) is 0 Å². The summed E-state index contributed by atoms with van der Waals surface area (Å²) in [6.07, 6.45) is 2.83. The van der Waals surface area contributed by atoms with Crippen molar-refractivity contribution in [3.63, 3.8) is 0 Å². The van der Waals surface area contributed by atoms with Crippen molar-refractivity contribution < 1.29 is 17.9 Å². The number of benzene rings is 1. The summed E-state index contributed by atoms with van der Waals surface area (Å²) >= 11 is 0. The van der Waals surface area contributed by atoms with Gasteiger partial charge in [0.25, 0.3) is 5.88 Å². The number of aromatic nitrogens is 4. The van der Waals surface area contributed by atoms with Gasteiger partial charge in [0.1, 0.15) is 9.84 Å². The van der Waals surface area contributed by atoms with Gasteiger partial charge >= 0.3 is 5.69 Å². The van der Waals surface area contributed by atoms with Crippen LogP contribution in [0.25, 0.3) is 22.3 Å². The molecule has 1 atom stereocenters. The van der Waals surface area contributed by atoms with Crippen molar-refractivity contribution in [2.75, 3.05) is 25.7 Å². The lowest BCUT2D eigenvalue weighted by Crippen LogP contribution is -2.31. The molecule has 4 aromatic rings. The molecule has 3 aromatic heterocycles. The third-order valence-corrected chi connectivity index (χ3v) is 6.77. The first-order chi connectivity index (χ1) is 16.6. The molecule has 0 aliphatic rings. The summed E-state index contributed by atoms with van der Waals surface area (Å²) in [5.41, 5.74) is 3.89. The molecule has 4 rings (SSSR count). The van der Waals surface area contributed by atoms with E-state index in [-0.39, 0.29) is 11.6 Å².